The van der Waals surface area contributed by atoms with Gasteiger partial charge in [0.1, 0.15) is 11.8 Å². The predicted molar refractivity (Wildman–Crippen MR) is 109 cm³/mol. The molecule has 3 aromatic rings. The maximum Gasteiger partial charge on any atom is 0.417 e. The second-order valence-corrected chi connectivity index (χ2v) is 8.13. The molecule has 0 radical (unpaired) electrons. The first kappa shape index (κ1) is 23.7. The third kappa shape index (κ3) is 3.52. The van der Waals surface area contributed by atoms with Crippen LogP contribution in [-0.4, -0.2) is 39.7 Å². The fourth-order valence-corrected chi connectivity index (χ4v) is 4.34. The summed E-state index contributed by atoms with van der Waals surface area (Å²) in [6, 6.07) is 3.40. The van der Waals surface area contributed by atoms with E-state index in [2.05, 4.69) is 15.0 Å². The summed E-state index contributed by atoms with van der Waals surface area (Å²) in [5.41, 5.74) is 2.72. The molecular weight excluding hydrogens is 463 g/mol. The summed E-state index contributed by atoms with van der Waals surface area (Å²) >= 11 is 0. The average molecular weight is 482 g/mol. The van der Waals surface area contributed by atoms with E-state index in [4.69, 9.17) is 15.2 Å². The Bertz CT molecular complexity index is 1290. The van der Waals surface area contributed by atoms with E-state index >= 15 is 0 Å². The largest absolute Gasteiger partial charge is 0.493 e. The van der Waals surface area contributed by atoms with E-state index in [9.17, 15) is 26.7 Å². The zero-order valence-corrected chi connectivity index (χ0v) is 18.2. The van der Waals surface area contributed by atoms with E-state index in [1.54, 1.807) is 0 Å². The highest BCUT2D eigenvalue weighted by Gasteiger charge is 2.65. The van der Waals surface area contributed by atoms with Gasteiger partial charge in [-0.2, -0.15) is 17.6 Å². The lowest BCUT2D eigenvalue weighted by Gasteiger charge is -2.32. The standard InChI is InChI=1S/C22H19F5N4O3/c1-9-14(10-4-5-12(23)15(24)17(10)33-3)18(34-21(9,2)22(25,26)27)20-30-8-11-13(31-20)6-7-29-16(11)19(28)32/h4-9,14,18H,1-3H3,(H2,28,32)/t9-,14-,18+,21+/m0/s1. The second-order valence-electron chi connectivity index (χ2n) is 8.13. The highest BCUT2D eigenvalue weighted by molar-refractivity contribution is 6.03. The fraction of sp³-hybridized carbons (Fsp3) is 0.364. The number of carbonyl (C=O) groups excluding carboxylic acids is 1. The number of carbonyl (C=O) groups is 1. The minimum absolute atomic E-state index is 0.0249. The summed E-state index contributed by atoms with van der Waals surface area (Å²) in [7, 11) is 1.09. The van der Waals surface area contributed by atoms with E-state index in [0.29, 0.717) is 0 Å². The number of hydrogen-bond donors (Lipinski definition) is 1. The molecule has 3 heterocycles. The third-order valence-electron chi connectivity index (χ3n) is 6.33. The molecule has 4 rings (SSSR count). The van der Waals surface area contributed by atoms with Crippen molar-refractivity contribution < 1.29 is 36.2 Å². The summed E-state index contributed by atoms with van der Waals surface area (Å²) in [4.78, 5) is 23.9. The highest BCUT2D eigenvalue weighted by atomic mass is 19.4. The Morgan fingerprint density at radius 2 is 1.91 bits per heavy atom. The van der Waals surface area contributed by atoms with Crippen molar-refractivity contribution in [2.45, 2.75) is 37.6 Å². The first-order valence-corrected chi connectivity index (χ1v) is 10.1. The number of primary amides is 1. The van der Waals surface area contributed by atoms with Crippen molar-refractivity contribution in [3.05, 3.63) is 59.3 Å². The van der Waals surface area contributed by atoms with E-state index in [1.807, 2.05) is 0 Å². The molecule has 0 unspecified atom stereocenters. The molecule has 2 N–H and O–H groups in total. The number of rotatable bonds is 4. The maximum atomic E-state index is 14.5. The minimum Gasteiger partial charge on any atom is -0.493 e. The van der Waals surface area contributed by atoms with Crippen LogP contribution in [0, 0.1) is 17.6 Å². The third-order valence-corrected chi connectivity index (χ3v) is 6.33. The number of hydrogen-bond acceptors (Lipinski definition) is 6. The molecule has 0 spiro atoms. The lowest BCUT2D eigenvalue weighted by molar-refractivity contribution is -0.275. The van der Waals surface area contributed by atoms with E-state index in [-0.39, 0.29) is 28.0 Å². The van der Waals surface area contributed by atoms with Crippen LogP contribution in [0.5, 0.6) is 5.75 Å². The quantitative estimate of drug-likeness (QED) is 0.559. The normalized spacial score (nSPS) is 25.0. The van der Waals surface area contributed by atoms with Gasteiger partial charge in [-0.1, -0.05) is 13.0 Å². The van der Waals surface area contributed by atoms with Crippen molar-refractivity contribution in [2.75, 3.05) is 7.11 Å². The van der Waals surface area contributed by atoms with Gasteiger partial charge in [-0.3, -0.25) is 9.78 Å². The van der Waals surface area contributed by atoms with Gasteiger partial charge >= 0.3 is 6.18 Å². The molecule has 1 fully saturated rings. The maximum absolute atomic E-state index is 14.5. The Kier molecular flexibility index (Phi) is 5.67. The van der Waals surface area contributed by atoms with Crippen LogP contribution in [0.25, 0.3) is 10.9 Å². The summed E-state index contributed by atoms with van der Waals surface area (Å²) < 4.78 is 81.2. The number of ether oxygens (including phenoxy) is 2. The van der Waals surface area contributed by atoms with Gasteiger partial charge in [-0.15, -0.1) is 0 Å². The molecule has 12 heteroatoms. The van der Waals surface area contributed by atoms with Gasteiger partial charge in [0.25, 0.3) is 5.91 Å². The summed E-state index contributed by atoms with van der Waals surface area (Å²) in [5.74, 6) is -6.48. The Balaban J connectivity index is 1.93. The van der Waals surface area contributed by atoms with Crippen molar-refractivity contribution in [1.82, 2.24) is 15.0 Å². The van der Waals surface area contributed by atoms with E-state index < -0.39 is 53.0 Å². The number of alkyl halides is 3. The molecule has 0 saturated carbocycles. The molecule has 1 amide bonds. The molecule has 1 aromatic carbocycles. The van der Waals surface area contributed by atoms with Crippen molar-refractivity contribution in [2.24, 2.45) is 11.7 Å². The number of halogens is 5. The molecular formula is C22H19F5N4O3. The highest BCUT2D eigenvalue weighted by Crippen LogP contribution is 2.59. The average Bonchev–Trinajstić information content (AvgIpc) is 3.06. The number of aromatic nitrogens is 3. The first-order chi connectivity index (χ1) is 15.9. The lowest BCUT2D eigenvalue weighted by Crippen LogP contribution is -2.46. The van der Waals surface area contributed by atoms with Crippen LogP contribution in [0.1, 0.15) is 47.7 Å². The number of benzene rings is 1. The summed E-state index contributed by atoms with van der Waals surface area (Å²) in [6.45, 7) is 2.18. The molecule has 1 aliphatic heterocycles. The molecule has 1 aliphatic rings. The van der Waals surface area contributed by atoms with Crippen LogP contribution < -0.4 is 10.5 Å². The molecule has 34 heavy (non-hydrogen) atoms. The van der Waals surface area contributed by atoms with E-state index in [0.717, 1.165) is 26.2 Å². The molecule has 2 aromatic heterocycles. The number of nitrogens with two attached hydrogens (primary N) is 1. The second kappa shape index (κ2) is 8.12. The van der Waals surface area contributed by atoms with Gasteiger partial charge in [-0.05, 0) is 19.1 Å². The summed E-state index contributed by atoms with van der Waals surface area (Å²) in [6.07, 6.45) is -3.73. The number of fused-ring (bicyclic) bond motifs is 1. The van der Waals surface area contributed by atoms with E-state index in [1.165, 1.54) is 25.4 Å². The number of amides is 1. The number of methoxy groups -OCH3 is 1. The molecule has 4 atom stereocenters. The zero-order chi connectivity index (χ0) is 25.0. The fourth-order valence-electron chi connectivity index (χ4n) is 4.34. The number of nitrogens with zero attached hydrogens (tertiary/aromatic N) is 3. The Labute approximate surface area is 190 Å². The minimum atomic E-state index is -4.80. The monoisotopic (exact) mass is 482 g/mol. The summed E-state index contributed by atoms with van der Waals surface area (Å²) in [5, 5.41) is 0.199. The van der Waals surface area contributed by atoms with Crippen LogP contribution >= 0.6 is 0 Å². The molecule has 7 nitrogen and oxygen atoms in total. The molecule has 180 valence electrons. The Hall–Kier alpha value is -3.41. The molecule has 1 saturated heterocycles. The molecule has 0 bridgehead atoms. The smallest absolute Gasteiger partial charge is 0.417 e. The van der Waals surface area contributed by atoms with Gasteiger partial charge in [0.05, 0.1) is 12.6 Å². The topological polar surface area (TPSA) is 100 Å². The van der Waals surface area contributed by atoms with Crippen LogP contribution in [0.4, 0.5) is 22.0 Å². The van der Waals surface area contributed by atoms with Crippen molar-refractivity contribution >= 4 is 16.8 Å². The van der Waals surface area contributed by atoms with Crippen LogP contribution in [0.2, 0.25) is 0 Å². The van der Waals surface area contributed by atoms with Crippen molar-refractivity contribution in [3.8, 4) is 5.75 Å². The van der Waals surface area contributed by atoms with Crippen LogP contribution in [0.15, 0.2) is 30.6 Å². The van der Waals surface area contributed by atoms with Gasteiger partial charge in [0.15, 0.2) is 23.0 Å². The van der Waals surface area contributed by atoms with Crippen LogP contribution in [-0.2, 0) is 4.74 Å². The van der Waals surface area contributed by atoms with Crippen molar-refractivity contribution in [1.29, 1.82) is 0 Å². The van der Waals surface area contributed by atoms with Crippen LogP contribution in [0.3, 0.4) is 0 Å². The Morgan fingerprint density at radius 1 is 1.21 bits per heavy atom. The van der Waals surface area contributed by atoms with Crippen molar-refractivity contribution in [3.63, 3.8) is 0 Å². The molecule has 0 aliphatic carbocycles. The predicted octanol–water partition coefficient (Wildman–Crippen LogP) is 4.22. The lowest BCUT2D eigenvalue weighted by atomic mass is 9.77. The van der Waals surface area contributed by atoms with Gasteiger partial charge in [-0.25, -0.2) is 14.4 Å². The van der Waals surface area contributed by atoms with Gasteiger partial charge in [0, 0.05) is 35.2 Å². The first-order valence-electron chi connectivity index (χ1n) is 10.1. The number of pyridine rings is 1. The Morgan fingerprint density at radius 3 is 2.53 bits per heavy atom. The van der Waals surface area contributed by atoms with Gasteiger partial charge < -0.3 is 15.2 Å². The van der Waals surface area contributed by atoms with Gasteiger partial charge in [0.2, 0.25) is 5.82 Å². The zero-order valence-electron chi connectivity index (χ0n) is 18.2. The SMILES string of the molecule is COc1c([C@H]2[C@H](c3ncc4c(C(N)=O)nccc4n3)O[C@@](C)(C(F)(F)F)[C@H]2C)ccc(F)c1F.